The van der Waals surface area contributed by atoms with Gasteiger partial charge in [-0.2, -0.15) is 0 Å². The standard InChI is InChI=1S/C15H17NO2/c1-11-5-3-4-6-14(11)15(17)16-12(2)9-13-7-8-18-10-13/h3-8,10,12H,9H2,1-2H3,(H,16,17)/t12-/m0/s1. The molecule has 1 amide bonds. The molecule has 0 aliphatic heterocycles. The molecule has 1 aromatic carbocycles. The third-order valence-corrected chi connectivity index (χ3v) is 2.89. The summed E-state index contributed by atoms with van der Waals surface area (Å²) in [6, 6.07) is 9.58. The Hall–Kier alpha value is -2.03. The van der Waals surface area contributed by atoms with Gasteiger partial charge < -0.3 is 9.73 Å². The van der Waals surface area contributed by atoms with Crippen LogP contribution in [0.3, 0.4) is 0 Å². The van der Waals surface area contributed by atoms with Gasteiger partial charge >= 0.3 is 0 Å². The van der Waals surface area contributed by atoms with Gasteiger partial charge in [0.25, 0.3) is 5.91 Å². The summed E-state index contributed by atoms with van der Waals surface area (Å²) in [4.78, 5) is 12.1. The van der Waals surface area contributed by atoms with Crippen molar-refractivity contribution in [2.75, 3.05) is 0 Å². The van der Waals surface area contributed by atoms with Crippen molar-refractivity contribution in [3.8, 4) is 0 Å². The van der Waals surface area contributed by atoms with Gasteiger partial charge in [0.15, 0.2) is 0 Å². The fourth-order valence-corrected chi connectivity index (χ4v) is 1.94. The molecule has 0 radical (unpaired) electrons. The highest BCUT2D eigenvalue weighted by Gasteiger charge is 2.12. The molecule has 0 aliphatic rings. The first-order chi connectivity index (χ1) is 8.66. The van der Waals surface area contributed by atoms with Gasteiger partial charge in [-0.15, -0.1) is 0 Å². The van der Waals surface area contributed by atoms with Gasteiger partial charge in [0.2, 0.25) is 0 Å². The zero-order valence-electron chi connectivity index (χ0n) is 10.6. The van der Waals surface area contributed by atoms with Crippen molar-refractivity contribution in [3.05, 3.63) is 59.5 Å². The van der Waals surface area contributed by atoms with Crippen molar-refractivity contribution in [1.82, 2.24) is 5.32 Å². The van der Waals surface area contributed by atoms with Crippen molar-refractivity contribution < 1.29 is 9.21 Å². The quantitative estimate of drug-likeness (QED) is 0.897. The molecular weight excluding hydrogens is 226 g/mol. The highest BCUT2D eigenvalue weighted by molar-refractivity contribution is 5.95. The lowest BCUT2D eigenvalue weighted by atomic mass is 10.1. The molecule has 1 aromatic heterocycles. The topological polar surface area (TPSA) is 42.2 Å². The van der Waals surface area contributed by atoms with Crippen molar-refractivity contribution in [2.45, 2.75) is 26.3 Å². The number of hydrogen-bond acceptors (Lipinski definition) is 2. The number of aryl methyl sites for hydroxylation is 1. The summed E-state index contributed by atoms with van der Waals surface area (Å²) >= 11 is 0. The minimum absolute atomic E-state index is 0.0240. The van der Waals surface area contributed by atoms with E-state index >= 15 is 0 Å². The molecule has 0 bridgehead atoms. The van der Waals surface area contributed by atoms with Gasteiger partial charge in [-0.3, -0.25) is 4.79 Å². The Labute approximate surface area is 107 Å². The predicted molar refractivity (Wildman–Crippen MR) is 70.5 cm³/mol. The first-order valence-electron chi connectivity index (χ1n) is 6.04. The zero-order chi connectivity index (χ0) is 13.0. The minimum atomic E-state index is -0.0240. The van der Waals surface area contributed by atoms with Crippen LogP contribution in [0.5, 0.6) is 0 Å². The summed E-state index contributed by atoms with van der Waals surface area (Å²) in [7, 11) is 0. The second-order valence-corrected chi connectivity index (χ2v) is 4.53. The Morgan fingerprint density at radius 2 is 2.11 bits per heavy atom. The van der Waals surface area contributed by atoms with Gasteiger partial charge in [-0.25, -0.2) is 0 Å². The van der Waals surface area contributed by atoms with Crippen LogP contribution in [0.1, 0.15) is 28.4 Å². The van der Waals surface area contributed by atoms with Crippen LogP contribution in [0.4, 0.5) is 0 Å². The summed E-state index contributed by atoms with van der Waals surface area (Å²) in [5, 5.41) is 2.99. The summed E-state index contributed by atoms with van der Waals surface area (Å²) < 4.78 is 5.01. The number of rotatable bonds is 4. The fourth-order valence-electron chi connectivity index (χ4n) is 1.94. The SMILES string of the molecule is Cc1ccccc1C(=O)N[C@@H](C)Cc1ccoc1. The van der Waals surface area contributed by atoms with Crippen LogP contribution < -0.4 is 5.32 Å². The van der Waals surface area contributed by atoms with Crippen molar-refractivity contribution in [3.63, 3.8) is 0 Å². The van der Waals surface area contributed by atoms with Crippen LogP contribution in [-0.4, -0.2) is 11.9 Å². The van der Waals surface area contributed by atoms with E-state index in [2.05, 4.69) is 5.32 Å². The monoisotopic (exact) mass is 243 g/mol. The van der Waals surface area contributed by atoms with E-state index in [1.165, 1.54) is 0 Å². The summed E-state index contributed by atoms with van der Waals surface area (Å²) in [6.45, 7) is 3.93. The molecule has 1 heterocycles. The highest BCUT2D eigenvalue weighted by Crippen LogP contribution is 2.08. The molecule has 2 aromatic rings. The molecule has 18 heavy (non-hydrogen) atoms. The molecule has 1 atom stereocenters. The highest BCUT2D eigenvalue weighted by atomic mass is 16.3. The number of carbonyl (C=O) groups is 1. The van der Waals surface area contributed by atoms with Gasteiger partial charge in [0.05, 0.1) is 12.5 Å². The maximum absolute atomic E-state index is 12.1. The minimum Gasteiger partial charge on any atom is -0.472 e. The summed E-state index contributed by atoms with van der Waals surface area (Å²) in [5.41, 5.74) is 2.81. The molecule has 3 heteroatoms. The Bertz CT molecular complexity index is 517. The smallest absolute Gasteiger partial charge is 0.251 e. The van der Waals surface area contributed by atoms with Crippen molar-refractivity contribution in [1.29, 1.82) is 0 Å². The van der Waals surface area contributed by atoms with Crippen molar-refractivity contribution in [2.24, 2.45) is 0 Å². The number of carbonyl (C=O) groups excluding carboxylic acids is 1. The molecule has 3 nitrogen and oxygen atoms in total. The van der Waals surface area contributed by atoms with E-state index < -0.39 is 0 Å². The Morgan fingerprint density at radius 3 is 2.78 bits per heavy atom. The average molecular weight is 243 g/mol. The van der Waals surface area contributed by atoms with E-state index in [0.717, 1.165) is 23.1 Å². The first kappa shape index (κ1) is 12.4. The van der Waals surface area contributed by atoms with E-state index in [4.69, 9.17) is 4.42 Å². The van der Waals surface area contributed by atoms with Crippen LogP contribution in [-0.2, 0) is 6.42 Å². The normalized spacial score (nSPS) is 12.1. The maximum atomic E-state index is 12.1. The molecule has 0 fully saturated rings. The number of nitrogens with one attached hydrogen (secondary N) is 1. The van der Waals surface area contributed by atoms with E-state index in [9.17, 15) is 4.79 Å². The average Bonchev–Trinajstić information content (AvgIpc) is 2.82. The lowest BCUT2D eigenvalue weighted by molar-refractivity contribution is 0.0939. The largest absolute Gasteiger partial charge is 0.472 e. The zero-order valence-corrected chi connectivity index (χ0v) is 10.6. The number of hydrogen-bond donors (Lipinski definition) is 1. The van der Waals surface area contributed by atoms with E-state index in [0.29, 0.717) is 0 Å². The van der Waals surface area contributed by atoms with Gasteiger partial charge in [-0.05, 0) is 43.5 Å². The molecule has 0 saturated carbocycles. The van der Waals surface area contributed by atoms with Crippen LogP contribution in [0, 0.1) is 6.92 Å². The fraction of sp³-hybridized carbons (Fsp3) is 0.267. The molecule has 0 saturated heterocycles. The van der Waals surface area contributed by atoms with Crippen molar-refractivity contribution >= 4 is 5.91 Å². The summed E-state index contributed by atoms with van der Waals surface area (Å²) in [5.74, 6) is -0.0240. The molecule has 2 rings (SSSR count). The third-order valence-electron chi connectivity index (χ3n) is 2.89. The Morgan fingerprint density at radius 1 is 1.33 bits per heavy atom. The molecular formula is C15H17NO2. The van der Waals surface area contributed by atoms with E-state index in [-0.39, 0.29) is 11.9 Å². The van der Waals surface area contributed by atoms with Crippen LogP contribution >= 0.6 is 0 Å². The first-order valence-corrected chi connectivity index (χ1v) is 6.04. The second kappa shape index (κ2) is 5.54. The lowest BCUT2D eigenvalue weighted by Gasteiger charge is -2.14. The van der Waals surface area contributed by atoms with E-state index in [1.807, 2.05) is 44.2 Å². The van der Waals surface area contributed by atoms with Crippen LogP contribution in [0.15, 0.2) is 47.3 Å². The maximum Gasteiger partial charge on any atom is 0.251 e. The van der Waals surface area contributed by atoms with Gasteiger partial charge in [0.1, 0.15) is 0 Å². The second-order valence-electron chi connectivity index (χ2n) is 4.53. The van der Waals surface area contributed by atoms with Gasteiger partial charge in [0, 0.05) is 11.6 Å². The van der Waals surface area contributed by atoms with Crippen LogP contribution in [0.2, 0.25) is 0 Å². The lowest BCUT2D eigenvalue weighted by Crippen LogP contribution is -2.34. The van der Waals surface area contributed by atoms with Gasteiger partial charge in [-0.1, -0.05) is 18.2 Å². The molecule has 0 unspecified atom stereocenters. The van der Waals surface area contributed by atoms with E-state index in [1.54, 1.807) is 12.5 Å². The molecule has 1 N–H and O–H groups in total. The molecule has 94 valence electrons. The number of amides is 1. The predicted octanol–water partition coefficient (Wildman–Crippen LogP) is 2.95. The summed E-state index contributed by atoms with van der Waals surface area (Å²) in [6.07, 6.45) is 4.12. The Kier molecular flexibility index (Phi) is 3.82. The van der Waals surface area contributed by atoms with Crippen LogP contribution in [0.25, 0.3) is 0 Å². The molecule has 0 spiro atoms. The number of benzene rings is 1. The third kappa shape index (κ3) is 3.00. The Balaban J connectivity index is 1.97. The number of furan rings is 1. The molecule has 0 aliphatic carbocycles.